The lowest BCUT2D eigenvalue weighted by molar-refractivity contribution is 0.180. The number of nitrogens with one attached hydrogen (secondary N) is 2. The molecule has 0 aliphatic carbocycles. The lowest BCUT2D eigenvalue weighted by atomic mass is 10.1. The van der Waals surface area contributed by atoms with Crippen LogP contribution < -0.4 is 15.4 Å². The Balaban J connectivity index is 1.94. The van der Waals surface area contributed by atoms with Crippen LogP contribution in [0.15, 0.2) is 35.5 Å². The minimum atomic E-state index is -0.647. The van der Waals surface area contributed by atoms with E-state index in [4.69, 9.17) is 4.74 Å². The van der Waals surface area contributed by atoms with Gasteiger partial charge in [0.15, 0.2) is 5.96 Å². The summed E-state index contributed by atoms with van der Waals surface area (Å²) in [5.74, 6) is 1.39. The zero-order valence-electron chi connectivity index (χ0n) is 14.2. The van der Waals surface area contributed by atoms with Crippen molar-refractivity contribution in [2.75, 3.05) is 20.2 Å². The van der Waals surface area contributed by atoms with E-state index in [0.717, 1.165) is 22.9 Å². The first-order valence-corrected chi connectivity index (χ1v) is 8.69. The Hall–Kier alpha value is -2.12. The average Bonchev–Trinajstić information content (AvgIpc) is 3.02. The van der Waals surface area contributed by atoms with Gasteiger partial charge in [-0.1, -0.05) is 12.1 Å². The van der Waals surface area contributed by atoms with E-state index < -0.39 is 6.10 Å². The van der Waals surface area contributed by atoms with Gasteiger partial charge in [-0.25, -0.2) is 9.98 Å². The molecule has 1 heterocycles. The summed E-state index contributed by atoms with van der Waals surface area (Å²) < 4.78 is 5.19. The van der Waals surface area contributed by atoms with E-state index in [2.05, 4.69) is 20.6 Å². The number of aliphatic hydroxyl groups excluding tert-OH is 1. The molecule has 0 aliphatic rings. The molecule has 0 amide bonds. The number of aryl methyl sites for hydroxylation is 1. The molecule has 0 saturated carbocycles. The highest BCUT2D eigenvalue weighted by Gasteiger charge is 2.09. The fourth-order valence-electron chi connectivity index (χ4n) is 2.12. The first-order chi connectivity index (χ1) is 11.6. The third kappa shape index (κ3) is 5.50. The molecule has 3 N–H and O–H groups in total. The van der Waals surface area contributed by atoms with Gasteiger partial charge >= 0.3 is 0 Å². The normalized spacial score (nSPS) is 12.8. The van der Waals surface area contributed by atoms with Crippen molar-refractivity contribution in [3.8, 4) is 5.75 Å². The van der Waals surface area contributed by atoms with Crippen molar-refractivity contribution in [1.29, 1.82) is 0 Å². The van der Waals surface area contributed by atoms with Gasteiger partial charge in [-0.05, 0) is 31.5 Å². The van der Waals surface area contributed by atoms with Crippen LogP contribution in [0.3, 0.4) is 0 Å². The summed E-state index contributed by atoms with van der Waals surface area (Å²) in [6.07, 6.45) is 1.20. The number of methoxy groups -OCH3 is 1. The zero-order valence-corrected chi connectivity index (χ0v) is 15.1. The monoisotopic (exact) mass is 348 g/mol. The van der Waals surface area contributed by atoms with Gasteiger partial charge in [-0.15, -0.1) is 11.3 Å². The fourth-order valence-corrected chi connectivity index (χ4v) is 2.83. The van der Waals surface area contributed by atoms with Crippen LogP contribution in [-0.2, 0) is 6.54 Å². The number of hydrogen-bond acceptors (Lipinski definition) is 5. The number of hydrogen-bond donors (Lipinski definition) is 3. The third-order valence-electron chi connectivity index (χ3n) is 3.33. The second-order valence-electron chi connectivity index (χ2n) is 5.23. The van der Waals surface area contributed by atoms with Gasteiger partial charge in [0, 0.05) is 24.2 Å². The number of aliphatic imine (C=N–C) groups is 1. The molecule has 1 atom stereocenters. The van der Waals surface area contributed by atoms with Crippen LogP contribution >= 0.6 is 11.3 Å². The Morgan fingerprint density at radius 1 is 1.42 bits per heavy atom. The Morgan fingerprint density at radius 3 is 2.92 bits per heavy atom. The molecule has 0 aliphatic heterocycles. The van der Waals surface area contributed by atoms with E-state index >= 15 is 0 Å². The average molecular weight is 348 g/mol. The standard InChI is InChI=1S/C17H24N4O2S/c1-4-18-17(21-11-16-19-9-12(2)24-16)20-10-15(22)13-6-5-7-14(8-13)23-3/h5-9,15,22H,4,10-11H2,1-3H3,(H2,18,20,21). The minimum absolute atomic E-state index is 0.357. The molecule has 0 radical (unpaired) electrons. The lowest BCUT2D eigenvalue weighted by Crippen LogP contribution is -2.39. The highest BCUT2D eigenvalue weighted by atomic mass is 32.1. The fraction of sp³-hybridized carbons (Fsp3) is 0.412. The Bertz CT molecular complexity index is 672. The smallest absolute Gasteiger partial charge is 0.191 e. The van der Waals surface area contributed by atoms with Crippen LogP contribution in [-0.4, -0.2) is 36.2 Å². The van der Waals surface area contributed by atoms with Gasteiger partial charge in [0.2, 0.25) is 0 Å². The summed E-state index contributed by atoms with van der Waals surface area (Å²) in [5, 5.41) is 17.6. The van der Waals surface area contributed by atoms with Crippen LogP contribution in [0.1, 0.15) is 28.5 Å². The molecule has 2 rings (SSSR count). The summed E-state index contributed by atoms with van der Waals surface area (Å²) in [6.45, 7) is 5.65. The second kappa shape index (κ2) is 9.24. The maximum atomic E-state index is 10.3. The van der Waals surface area contributed by atoms with Crippen LogP contribution in [0.4, 0.5) is 0 Å². The summed E-state index contributed by atoms with van der Waals surface area (Å²) in [7, 11) is 1.61. The van der Waals surface area contributed by atoms with Crippen molar-refractivity contribution in [1.82, 2.24) is 15.6 Å². The predicted molar refractivity (Wildman–Crippen MR) is 97.6 cm³/mol. The van der Waals surface area contributed by atoms with Gasteiger partial charge in [-0.2, -0.15) is 0 Å². The number of thiazole rings is 1. The predicted octanol–water partition coefficient (Wildman–Crippen LogP) is 2.25. The molecule has 0 spiro atoms. The number of aromatic nitrogens is 1. The maximum Gasteiger partial charge on any atom is 0.191 e. The first-order valence-electron chi connectivity index (χ1n) is 7.88. The van der Waals surface area contributed by atoms with Gasteiger partial charge in [0.1, 0.15) is 10.8 Å². The second-order valence-corrected chi connectivity index (χ2v) is 6.55. The molecule has 0 bridgehead atoms. The van der Waals surface area contributed by atoms with E-state index in [9.17, 15) is 5.11 Å². The summed E-state index contributed by atoms with van der Waals surface area (Å²) in [6, 6.07) is 7.42. The SMILES string of the molecule is CCNC(=NCc1ncc(C)s1)NCC(O)c1cccc(OC)c1. The highest BCUT2D eigenvalue weighted by molar-refractivity contribution is 7.11. The first kappa shape index (κ1) is 18.2. The molecule has 7 heteroatoms. The Labute approximate surface area is 146 Å². The molecule has 6 nitrogen and oxygen atoms in total. The molecular formula is C17H24N4O2S. The van der Waals surface area contributed by atoms with Gasteiger partial charge in [0.25, 0.3) is 0 Å². The van der Waals surface area contributed by atoms with Crippen LogP contribution in [0.25, 0.3) is 0 Å². The number of nitrogens with zero attached hydrogens (tertiary/aromatic N) is 2. The number of benzene rings is 1. The molecular weight excluding hydrogens is 324 g/mol. The van der Waals surface area contributed by atoms with E-state index in [1.165, 1.54) is 4.88 Å². The van der Waals surface area contributed by atoms with E-state index in [1.54, 1.807) is 18.4 Å². The molecule has 24 heavy (non-hydrogen) atoms. The Morgan fingerprint density at radius 2 is 2.25 bits per heavy atom. The van der Waals surface area contributed by atoms with Crippen molar-refractivity contribution >= 4 is 17.3 Å². The zero-order chi connectivity index (χ0) is 17.4. The third-order valence-corrected chi connectivity index (χ3v) is 4.22. The van der Waals surface area contributed by atoms with Crippen molar-refractivity contribution in [2.45, 2.75) is 26.5 Å². The largest absolute Gasteiger partial charge is 0.497 e. The van der Waals surface area contributed by atoms with E-state index in [1.807, 2.05) is 44.3 Å². The quantitative estimate of drug-likeness (QED) is 0.528. The van der Waals surface area contributed by atoms with Crippen LogP contribution in [0, 0.1) is 6.92 Å². The van der Waals surface area contributed by atoms with E-state index in [-0.39, 0.29) is 0 Å². The topological polar surface area (TPSA) is 78.8 Å². The minimum Gasteiger partial charge on any atom is -0.497 e. The molecule has 1 aromatic heterocycles. The van der Waals surface area contributed by atoms with Crippen molar-refractivity contribution in [2.24, 2.45) is 4.99 Å². The summed E-state index contributed by atoms with van der Waals surface area (Å²) in [5.41, 5.74) is 0.799. The molecule has 130 valence electrons. The van der Waals surface area contributed by atoms with Gasteiger partial charge in [-0.3, -0.25) is 0 Å². The summed E-state index contributed by atoms with van der Waals surface area (Å²) >= 11 is 1.64. The lowest BCUT2D eigenvalue weighted by Gasteiger charge is -2.16. The number of aliphatic hydroxyl groups is 1. The van der Waals surface area contributed by atoms with Crippen LogP contribution in [0.2, 0.25) is 0 Å². The van der Waals surface area contributed by atoms with Crippen LogP contribution in [0.5, 0.6) is 5.75 Å². The number of guanidine groups is 1. The van der Waals surface area contributed by atoms with E-state index in [0.29, 0.717) is 19.0 Å². The Kier molecular flexibility index (Phi) is 7.02. The van der Waals surface area contributed by atoms with Gasteiger partial charge < -0.3 is 20.5 Å². The van der Waals surface area contributed by atoms with Crippen molar-refractivity contribution < 1.29 is 9.84 Å². The molecule has 0 fully saturated rings. The maximum absolute atomic E-state index is 10.3. The highest BCUT2D eigenvalue weighted by Crippen LogP contribution is 2.18. The molecule has 2 aromatic rings. The number of rotatable bonds is 7. The molecule has 1 aromatic carbocycles. The number of ether oxygens (including phenoxy) is 1. The summed E-state index contributed by atoms with van der Waals surface area (Å²) in [4.78, 5) is 9.98. The van der Waals surface area contributed by atoms with Crippen molar-refractivity contribution in [3.05, 3.63) is 45.9 Å². The van der Waals surface area contributed by atoms with Crippen molar-refractivity contribution in [3.63, 3.8) is 0 Å². The van der Waals surface area contributed by atoms with Gasteiger partial charge in [0.05, 0.1) is 19.8 Å². The molecule has 1 unspecified atom stereocenters. The molecule has 0 saturated heterocycles.